The van der Waals surface area contributed by atoms with E-state index in [2.05, 4.69) is 15.3 Å². The molecule has 1 spiro atoms. The van der Waals surface area contributed by atoms with E-state index in [1.165, 1.54) is 0 Å². The maximum atomic E-state index is 12.2. The number of fused-ring (bicyclic) bond motifs is 1. The van der Waals surface area contributed by atoms with E-state index in [1.54, 1.807) is 4.90 Å². The second kappa shape index (κ2) is 5.33. The average Bonchev–Trinajstić information content (AvgIpc) is 3.02. The molecule has 2 fully saturated rings. The third-order valence-electron chi connectivity index (χ3n) is 4.98. The van der Waals surface area contributed by atoms with Crippen LogP contribution >= 0.6 is 0 Å². The zero-order valence-electron chi connectivity index (χ0n) is 13.6. The molecule has 4 rings (SSSR count). The van der Waals surface area contributed by atoms with Crippen LogP contribution in [-0.2, 0) is 11.2 Å². The van der Waals surface area contributed by atoms with E-state index in [0.717, 1.165) is 49.4 Å². The minimum atomic E-state index is -0.305. The van der Waals surface area contributed by atoms with Crippen molar-refractivity contribution in [1.29, 1.82) is 0 Å². The molecule has 2 saturated heterocycles. The summed E-state index contributed by atoms with van der Waals surface area (Å²) in [6.45, 7) is 6.85. The van der Waals surface area contributed by atoms with Gasteiger partial charge in [0.25, 0.3) is 0 Å². The molecule has 23 heavy (non-hydrogen) atoms. The van der Waals surface area contributed by atoms with Crippen molar-refractivity contribution >= 4 is 6.09 Å². The average molecular weight is 318 g/mol. The molecule has 0 aromatic carbocycles. The fourth-order valence-electron chi connectivity index (χ4n) is 3.79. The van der Waals surface area contributed by atoms with E-state index in [-0.39, 0.29) is 17.8 Å². The van der Waals surface area contributed by atoms with Crippen molar-refractivity contribution in [1.82, 2.24) is 20.2 Å². The van der Waals surface area contributed by atoms with Crippen LogP contribution in [0, 0.1) is 13.8 Å². The Morgan fingerprint density at radius 2 is 2.09 bits per heavy atom. The van der Waals surface area contributed by atoms with Gasteiger partial charge in [0.2, 0.25) is 5.88 Å². The molecule has 1 unspecified atom stereocenters. The number of amides is 1. The quantitative estimate of drug-likeness (QED) is 0.876. The van der Waals surface area contributed by atoms with Gasteiger partial charge >= 0.3 is 6.09 Å². The molecular formula is C16H22N4O3. The predicted octanol–water partition coefficient (Wildman–Crippen LogP) is 0.971. The number of nitrogens with zero attached hydrogens (tertiary/aromatic N) is 3. The Morgan fingerprint density at radius 3 is 2.87 bits per heavy atom. The highest BCUT2D eigenvalue weighted by atomic mass is 16.6. The van der Waals surface area contributed by atoms with Gasteiger partial charge in [0.15, 0.2) is 0 Å². The van der Waals surface area contributed by atoms with Crippen molar-refractivity contribution < 1.29 is 14.3 Å². The zero-order chi connectivity index (χ0) is 16.0. The standard InChI is InChI=1S/C16H22N4O3/c1-10-13-7-12(22-14(13)19-11(2)18-10)8-20-9-16(23-15(20)21)3-5-17-6-4-16/h12,17H,3-9H2,1-2H3. The van der Waals surface area contributed by atoms with Crippen LogP contribution in [0.5, 0.6) is 5.88 Å². The van der Waals surface area contributed by atoms with E-state index in [0.29, 0.717) is 19.0 Å². The number of rotatable bonds is 2. The van der Waals surface area contributed by atoms with Gasteiger partial charge in [0.1, 0.15) is 17.5 Å². The Labute approximate surface area is 135 Å². The summed E-state index contributed by atoms with van der Waals surface area (Å²) in [6.07, 6.45) is 2.23. The molecule has 1 atom stereocenters. The second-order valence-electron chi connectivity index (χ2n) is 6.77. The smallest absolute Gasteiger partial charge is 0.410 e. The maximum Gasteiger partial charge on any atom is 0.410 e. The molecule has 0 radical (unpaired) electrons. The molecule has 1 aromatic heterocycles. The summed E-state index contributed by atoms with van der Waals surface area (Å²) >= 11 is 0. The minimum Gasteiger partial charge on any atom is -0.472 e. The number of nitrogens with one attached hydrogen (secondary N) is 1. The molecule has 7 heteroatoms. The maximum absolute atomic E-state index is 12.2. The Bertz CT molecular complexity index is 642. The van der Waals surface area contributed by atoms with Crippen LogP contribution < -0.4 is 10.1 Å². The van der Waals surface area contributed by atoms with Gasteiger partial charge in [0, 0.05) is 30.5 Å². The van der Waals surface area contributed by atoms with Gasteiger partial charge in [-0.3, -0.25) is 0 Å². The first-order valence-electron chi connectivity index (χ1n) is 8.24. The topological polar surface area (TPSA) is 76.6 Å². The molecule has 4 heterocycles. The second-order valence-corrected chi connectivity index (χ2v) is 6.77. The zero-order valence-corrected chi connectivity index (χ0v) is 13.6. The summed E-state index contributed by atoms with van der Waals surface area (Å²) in [6, 6.07) is 0. The largest absolute Gasteiger partial charge is 0.472 e. The van der Waals surface area contributed by atoms with Crippen LogP contribution in [-0.4, -0.2) is 58.8 Å². The van der Waals surface area contributed by atoms with E-state index in [1.807, 2.05) is 13.8 Å². The molecule has 7 nitrogen and oxygen atoms in total. The number of carbonyl (C=O) groups is 1. The number of aromatic nitrogens is 2. The minimum absolute atomic E-state index is 0.0655. The highest BCUT2D eigenvalue weighted by molar-refractivity contribution is 5.70. The van der Waals surface area contributed by atoms with Crippen molar-refractivity contribution in [3.05, 3.63) is 17.1 Å². The molecule has 0 bridgehead atoms. The molecule has 0 saturated carbocycles. The first-order valence-corrected chi connectivity index (χ1v) is 8.24. The van der Waals surface area contributed by atoms with Crippen molar-refractivity contribution in [2.45, 2.75) is 44.8 Å². The van der Waals surface area contributed by atoms with Gasteiger partial charge in [0.05, 0.1) is 13.1 Å². The molecule has 1 N–H and O–H groups in total. The lowest BCUT2D eigenvalue weighted by molar-refractivity contribution is 0.0316. The third-order valence-corrected chi connectivity index (χ3v) is 4.98. The van der Waals surface area contributed by atoms with Crippen LogP contribution in [0.1, 0.15) is 29.9 Å². The highest BCUT2D eigenvalue weighted by Crippen LogP contribution is 2.33. The number of hydrogen-bond donors (Lipinski definition) is 1. The molecule has 0 aliphatic carbocycles. The first kappa shape index (κ1) is 14.7. The lowest BCUT2D eigenvalue weighted by Gasteiger charge is -2.31. The number of piperidine rings is 1. The summed E-state index contributed by atoms with van der Waals surface area (Å²) in [4.78, 5) is 22.8. The van der Waals surface area contributed by atoms with Crippen molar-refractivity contribution in [3.63, 3.8) is 0 Å². The summed E-state index contributed by atoms with van der Waals surface area (Å²) < 4.78 is 11.6. The number of hydrogen-bond acceptors (Lipinski definition) is 6. The summed E-state index contributed by atoms with van der Waals surface area (Å²) in [5.74, 6) is 1.39. The molecule has 1 amide bonds. The normalized spacial score (nSPS) is 25.4. The van der Waals surface area contributed by atoms with Crippen LogP contribution in [0.25, 0.3) is 0 Å². The Morgan fingerprint density at radius 1 is 1.30 bits per heavy atom. The van der Waals surface area contributed by atoms with Crippen LogP contribution in [0.3, 0.4) is 0 Å². The SMILES string of the molecule is Cc1nc(C)c2c(n1)OC(CN1CC3(CCNCC3)OC1=O)C2. The summed E-state index contributed by atoms with van der Waals surface area (Å²) in [7, 11) is 0. The predicted molar refractivity (Wildman–Crippen MR) is 82.5 cm³/mol. The molecule has 3 aliphatic rings. The van der Waals surface area contributed by atoms with E-state index >= 15 is 0 Å². The fourth-order valence-corrected chi connectivity index (χ4v) is 3.79. The van der Waals surface area contributed by atoms with Gasteiger partial charge in [-0.25, -0.2) is 9.78 Å². The van der Waals surface area contributed by atoms with Crippen LogP contribution in [0.2, 0.25) is 0 Å². The Balaban J connectivity index is 1.44. The monoisotopic (exact) mass is 318 g/mol. The number of aryl methyl sites for hydroxylation is 2. The van der Waals surface area contributed by atoms with Gasteiger partial charge in [-0.2, -0.15) is 4.98 Å². The fraction of sp³-hybridized carbons (Fsp3) is 0.688. The van der Waals surface area contributed by atoms with Crippen LogP contribution in [0.15, 0.2) is 0 Å². The van der Waals surface area contributed by atoms with Gasteiger partial charge in [-0.05, 0) is 26.9 Å². The van der Waals surface area contributed by atoms with Gasteiger partial charge < -0.3 is 19.7 Å². The molecule has 3 aliphatic heterocycles. The lowest BCUT2D eigenvalue weighted by Crippen LogP contribution is -2.45. The van der Waals surface area contributed by atoms with Crippen molar-refractivity contribution in [3.8, 4) is 5.88 Å². The van der Waals surface area contributed by atoms with Gasteiger partial charge in [-0.15, -0.1) is 0 Å². The molecule has 124 valence electrons. The van der Waals surface area contributed by atoms with E-state index < -0.39 is 0 Å². The van der Waals surface area contributed by atoms with Gasteiger partial charge in [-0.1, -0.05) is 0 Å². The lowest BCUT2D eigenvalue weighted by atomic mass is 9.92. The number of ether oxygens (including phenoxy) is 2. The Hall–Kier alpha value is -1.89. The first-order chi connectivity index (χ1) is 11.0. The van der Waals surface area contributed by atoms with Crippen molar-refractivity contribution in [2.75, 3.05) is 26.2 Å². The molecular weight excluding hydrogens is 296 g/mol. The Kier molecular flexibility index (Phi) is 3.41. The summed E-state index contributed by atoms with van der Waals surface area (Å²) in [5, 5.41) is 3.31. The van der Waals surface area contributed by atoms with Crippen LogP contribution in [0.4, 0.5) is 4.79 Å². The third kappa shape index (κ3) is 2.63. The number of carbonyl (C=O) groups excluding carboxylic acids is 1. The van der Waals surface area contributed by atoms with Crippen molar-refractivity contribution in [2.24, 2.45) is 0 Å². The highest BCUT2D eigenvalue weighted by Gasteiger charge is 2.46. The molecule has 1 aromatic rings. The van der Waals surface area contributed by atoms with E-state index in [4.69, 9.17) is 9.47 Å². The summed E-state index contributed by atoms with van der Waals surface area (Å²) in [5.41, 5.74) is 1.72. The van der Waals surface area contributed by atoms with E-state index in [9.17, 15) is 4.79 Å².